The third-order valence-corrected chi connectivity index (χ3v) is 5.09. The number of nitrogens with one attached hydrogen (secondary N) is 1. The SMILES string of the molecule is CC(NC(=O)c1ccnc(N2CCN(c3ncccn3)CC2)c1)c1ccccc1. The van der Waals surface area contributed by atoms with Crippen molar-refractivity contribution < 1.29 is 4.79 Å². The lowest BCUT2D eigenvalue weighted by Crippen LogP contribution is -2.47. The Balaban J connectivity index is 1.39. The summed E-state index contributed by atoms with van der Waals surface area (Å²) in [6.07, 6.45) is 5.22. The molecule has 1 amide bonds. The van der Waals surface area contributed by atoms with E-state index in [1.54, 1.807) is 24.7 Å². The van der Waals surface area contributed by atoms with Crippen LogP contribution in [0.5, 0.6) is 0 Å². The lowest BCUT2D eigenvalue weighted by molar-refractivity contribution is 0.0940. The second-order valence-electron chi connectivity index (χ2n) is 7.03. The van der Waals surface area contributed by atoms with E-state index in [9.17, 15) is 4.79 Å². The van der Waals surface area contributed by atoms with Crippen molar-refractivity contribution in [2.45, 2.75) is 13.0 Å². The van der Waals surface area contributed by atoms with Gasteiger partial charge in [0.25, 0.3) is 5.91 Å². The summed E-state index contributed by atoms with van der Waals surface area (Å²) in [5, 5.41) is 3.06. The minimum absolute atomic E-state index is 0.0604. The maximum absolute atomic E-state index is 12.7. The van der Waals surface area contributed by atoms with Crippen molar-refractivity contribution in [1.29, 1.82) is 0 Å². The predicted octanol–water partition coefficient (Wildman–Crippen LogP) is 2.69. The first kappa shape index (κ1) is 18.9. The summed E-state index contributed by atoms with van der Waals surface area (Å²) in [5.74, 6) is 1.48. The van der Waals surface area contributed by atoms with Crippen LogP contribution in [0.15, 0.2) is 67.1 Å². The summed E-state index contributed by atoms with van der Waals surface area (Å²) >= 11 is 0. The molecule has 7 nitrogen and oxygen atoms in total. The average Bonchev–Trinajstić information content (AvgIpc) is 2.80. The number of hydrogen-bond donors (Lipinski definition) is 1. The maximum atomic E-state index is 12.7. The van der Waals surface area contributed by atoms with E-state index >= 15 is 0 Å². The number of nitrogens with zero attached hydrogens (tertiary/aromatic N) is 5. The van der Waals surface area contributed by atoms with E-state index < -0.39 is 0 Å². The van der Waals surface area contributed by atoms with E-state index in [-0.39, 0.29) is 11.9 Å². The zero-order valence-electron chi connectivity index (χ0n) is 16.4. The van der Waals surface area contributed by atoms with Gasteiger partial charge in [0.2, 0.25) is 5.95 Å². The Morgan fingerprint density at radius 2 is 1.59 bits per heavy atom. The molecular weight excluding hydrogens is 364 g/mol. The first-order valence-corrected chi connectivity index (χ1v) is 9.79. The predicted molar refractivity (Wildman–Crippen MR) is 113 cm³/mol. The lowest BCUT2D eigenvalue weighted by Gasteiger charge is -2.35. The number of piperazine rings is 1. The first-order chi connectivity index (χ1) is 14.2. The van der Waals surface area contributed by atoms with Crippen LogP contribution in [0, 0.1) is 0 Å². The van der Waals surface area contributed by atoms with E-state index in [1.165, 1.54) is 0 Å². The van der Waals surface area contributed by atoms with Gasteiger partial charge in [-0.1, -0.05) is 30.3 Å². The van der Waals surface area contributed by atoms with E-state index in [1.807, 2.05) is 49.4 Å². The molecule has 3 aromatic rings. The number of benzene rings is 1. The topological polar surface area (TPSA) is 74.2 Å². The molecule has 3 heterocycles. The van der Waals surface area contributed by atoms with E-state index in [4.69, 9.17) is 0 Å². The summed E-state index contributed by atoms with van der Waals surface area (Å²) in [6.45, 7) is 5.22. The molecule has 1 aliphatic heterocycles. The number of aromatic nitrogens is 3. The van der Waals surface area contributed by atoms with Crippen LogP contribution in [-0.2, 0) is 0 Å². The van der Waals surface area contributed by atoms with Crippen molar-refractivity contribution >= 4 is 17.7 Å². The van der Waals surface area contributed by atoms with Crippen molar-refractivity contribution in [3.05, 3.63) is 78.2 Å². The van der Waals surface area contributed by atoms with Crippen LogP contribution in [0.25, 0.3) is 0 Å². The molecule has 1 fully saturated rings. The van der Waals surface area contributed by atoms with Gasteiger partial charge in [-0.3, -0.25) is 4.79 Å². The number of pyridine rings is 1. The van der Waals surface area contributed by atoms with Crippen molar-refractivity contribution in [2.75, 3.05) is 36.0 Å². The van der Waals surface area contributed by atoms with Gasteiger partial charge in [-0.2, -0.15) is 0 Å². The molecule has 0 bridgehead atoms. The summed E-state index contributed by atoms with van der Waals surface area (Å²) < 4.78 is 0. The number of carbonyl (C=O) groups is 1. The van der Waals surface area contributed by atoms with Crippen molar-refractivity contribution in [1.82, 2.24) is 20.3 Å². The van der Waals surface area contributed by atoms with Gasteiger partial charge in [-0.05, 0) is 30.7 Å². The van der Waals surface area contributed by atoms with Gasteiger partial charge >= 0.3 is 0 Å². The van der Waals surface area contributed by atoms with Gasteiger partial charge in [0.1, 0.15) is 5.82 Å². The summed E-state index contributed by atoms with van der Waals surface area (Å²) in [5.41, 5.74) is 1.70. The molecule has 0 saturated carbocycles. The molecule has 4 rings (SSSR count). The minimum Gasteiger partial charge on any atom is -0.353 e. The van der Waals surface area contributed by atoms with E-state index in [2.05, 4.69) is 30.1 Å². The van der Waals surface area contributed by atoms with Gasteiger partial charge in [0.15, 0.2) is 0 Å². The maximum Gasteiger partial charge on any atom is 0.251 e. The van der Waals surface area contributed by atoms with Crippen LogP contribution in [0.2, 0.25) is 0 Å². The highest BCUT2D eigenvalue weighted by atomic mass is 16.1. The van der Waals surface area contributed by atoms with E-state index in [0.29, 0.717) is 5.56 Å². The number of carbonyl (C=O) groups excluding carboxylic acids is 1. The molecule has 1 aliphatic rings. The summed E-state index contributed by atoms with van der Waals surface area (Å²) in [6, 6.07) is 15.3. The number of amides is 1. The van der Waals surface area contributed by atoms with Crippen LogP contribution < -0.4 is 15.1 Å². The van der Waals surface area contributed by atoms with Gasteiger partial charge in [0, 0.05) is 50.3 Å². The van der Waals surface area contributed by atoms with E-state index in [0.717, 1.165) is 43.5 Å². The molecule has 0 radical (unpaired) electrons. The van der Waals surface area contributed by atoms with Crippen molar-refractivity contribution in [3.63, 3.8) is 0 Å². The van der Waals surface area contributed by atoms with Gasteiger partial charge < -0.3 is 15.1 Å². The van der Waals surface area contributed by atoms with Gasteiger partial charge in [-0.15, -0.1) is 0 Å². The van der Waals surface area contributed by atoms with Gasteiger partial charge in [-0.25, -0.2) is 15.0 Å². The standard InChI is InChI=1S/C22H24N6O/c1-17(18-6-3-2-4-7-18)26-21(29)19-8-11-23-20(16-19)27-12-14-28(15-13-27)22-24-9-5-10-25-22/h2-11,16-17H,12-15H2,1H3,(H,26,29). The highest BCUT2D eigenvalue weighted by Gasteiger charge is 2.21. The quantitative estimate of drug-likeness (QED) is 0.724. The molecule has 2 aromatic heterocycles. The largest absolute Gasteiger partial charge is 0.353 e. The molecule has 1 saturated heterocycles. The normalized spacial score (nSPS) is 15.1. The van der Waals surface area contributed by atoms with Crippen molar-refractivity contribution in [3.8, 4) is 0 Å². The Morgan fingerprint density at radius 3 is 2.31 bits per heavy atom. The third kappa shape index (κ3) is 4.51. The van der Waals surface area contributed by atoms with Crippen LogP contribution in [0.1, 0.15) is 28.9 Å². The fraction of sp³-hybridized carbons (Fsp3) is 0.273. The molecule has 1 aromatic carbocycles. The second-order valence-corrected chi connectivity index (χ2v) is 7.03. The molecule has 1 unspecified atom stereocenters. The smallest absolute Gasteiger partial charge is 0.251 e. The first-order valence-electron chi connectivity index (χ1n) is 9.79. The average molecular weight is 388 g/mol. The molecule has 1 atom stereocenters. The fourth-order valence-electron chi connectivity index (χ4n) is 3.43. The second kappa shape index (κ2) is 8.68. The van der Waals surface area contributed by atoms with Crippen LogP contribution in [-0.4, -0.2) is 47.0 Å². The Labute approximate surface area is 170 Å². The molecular formula is C22H24N6O. The van der Waals surface area contributed by atoms with Crippen LogP contribution in [0.4, 0.5) is 11.8 Å². The Bertz CT molecular complexity index is 942. The zero-order valence-corrected chi connectivity index (χ0v) is 16.4. The number of anilines is 2. The Hall–Kier alpha value is -3.48. The molecule has 1 N–H and O–H groups in total. The van der Waals surface area contributed by atoms with Crippen LogP contribution in [0.3, 0.4) is 0 Å². The summed E-state index contributed by atoms with van der Waals surface area (Å²) in [4.78, 5) is 30.2. The van der Waals surface area contributed by atoms with Crippen LogP contribution >= 0.6 is 0 Å². The third-order valence-electron chi connectivity index (χ3n) is 5.09. The Morgan fingerprint density at radius 1 is 0.897 bits per heavy atom. The highest BCUT2D eigenvalue weighted by molar-refractivity contribution is 5.95. The zero-order chi connectivity index (χ0) is 20.1. The monoisotopic (exact) mass is 388 g/mol. The number of rotatable bonds is 5. The molecule has 148 valence electrons. The highest BCUT2D eigenvalue weighted by Crippen LogP contribution is 2.18. The Kier molecular flexibility index (Phi) is 5.65. The molecule has 0 spiro atoms. The molecule has 0 aliphatic carbocycles. The van der Waals surface area contributed by atoms with Crippen molar-refractivity contribution in [2.24, 2.45) is 0 Å². The minimum atomic E-state index is -0.0960. The fourth-order valence-corrected chi connectivity index (χ4v) is 3.43. The summed E-state index contributed by atoms with van der Waals surface area (Å²) in [7, 11) is 0. The molecule has 7 heteroatoms. The lowest BCUT2D eigenvalue weighted by atomic mass is 10.1. The number of hydrogen-bond acceptors (Lipinski definition) is 6. The van der Waals surface area contributed by atoms with Gasteiger partial charge in [0.05, 0.1) is 6.04 Å². The molecule has 29 heavy (non-hydrogen) atoms.